The van der Waals surface area contributed by atoms with Gasteiger partial charge in [-0.2, -0.15) is 0 Å². The van der Waals surface area contributed by atoms with Crippen molar-refractivity contribution in [3.63, 3.8) is 0 Å². The van der Waals surface area contributed by atoms with Crippen molar-refractivity contribution in [2.24, 2.45) is 0 Å². The van der Waals surface area contributed by atoms with Gasteiger partial charge in [0.25, 0.3) is 5.91 Å². The van der Waals surface area contributed by atoms with Crippen LogP contribution in [0.15, 0.2) is 36.4 Å². The lowest BCUT2D eigenvalue weighted by Gasteiger charge is -2.09. The maximum absolute atomic E-state index is 12.9. The molecule has 0 aliphatic rings. The molecule has 120 valence electrons. The summed E-state index contributed by atoms with van der Waals surface area (Å²) in [6.45, 7) is 3.28. The lowest BCUT2D eigenvalue weighted by Crippen LogP contribution is -2.21. The van der Waals surface area contributed by atoms with E-state index in [-0.39, 0.29) is 10.7 Å². The summed E-state index contributed by atoms with van der Waals surface area (Å²) in [6, 6.07) is 8.89. The number of hydrogen-bond donors (Lipinski definition) is 1. The van der Waals surface area contributed by atoms with E-state index >= 15 is 0 Å². The first-order valence-corrected chi connectivity index (χ1v) is 7.23. The van der Waals surface area contributed by atoms with Gasteiger partial charge in [-0.25, -0.2) is 9.18 Å². The predicted octanol–water partition coefficient (Wildman–Crippen LogP) is 3.89. The number of carbonyl (C=O) groups is 2. The summed E-state index contributed by atoms with van der Waals surface area (Å²) < 4.78 is 17.9. The Morgan fingerprint density at radius 1 is 1.13 bits per heavy atom. The zero-order valence-corrected chi connectivity index (χ0v) is 13.4. The number of aryl methyl sites for hydroxylation is 2. The Morgan fingerprint density at radius 2 is 1.78 bits per heavy atom. The standard InChI is InChI=1S/C17H15ClFNO3/c1-10-5-11(2)7-12(6-10)17(22)23-9-16(21)20-15-4-3-13(19)8-14(15)18/h3-8H,9H2,1-2H3,(H,20,21). The molecule has 2 aromatic carbocycles. The molecule has 23 heavy (non-hydrogen) atoms. The average molecular weight is 336 g/mol. The van der Waals surface area contributed by atoms with E-state index in [0.717, 1.165) is 17.2 Å². The normalized spacial score (nSPS) is 10.3. The summed E-state index contributed by atoms with van der Waals surface area (Å²) in [6.07, 6.45) is 0. The molecule has 1 N–H and O–H groups in total. The summed E-state index contributed by atoms with van der Waals surface area (Å²) in [5, 5.41) is 2.52. The van der Waals surface area contributed by atoms with Crippen LogP contribution in [0.2, 0.25) is 5.02 Å². The number of carbonyl (C=O) groups excluding carboxylic acids is 2. The van der Waals surface area contributed by atoms with Crippen molar-refractivity contribution in [3.8, 4) is 0 Å². The summed E-state index contributed by atoms with van der Waals surface area (Å²) >= 11 is 5.80. The second-order valence-electron chi connectivity index (χ2n) is 5.12. The number of anilines is 1. The van der Waals surface area contributed by atoms with E-state index < -0.39 is 24.3 Å². The van der Waals surface area contributed by atoms with Crippen molar-refractivity contribution < 1.29 is 18.7 Å². The van der Waals surface area contributed by atoms with Gasteiger partial charge < -0.3 is 10.1 Å². The Hall–Kier alpha value is -2.40. The van der Waals surface area contributed by atoms with Crippen molar-refractivity contribution in [1.29, 1.82) is 0 Å². The van der Waals surface area contributed by atoms with Crippen LogP contribution in [0.25, 0.3) is 0 Å². The number of halogens is 2. The molecule has 0 heterocycles. The van der Waals surface area contributed by atoms with Crippen LogP contribution in [-0.4, -0.2) is 18.5 Å². The fourth-order valence-corrected chi connectivity index (χ4v) is 2.30. The van der Waals surface area contributed by atoms with E-state index in [1.807, 2.05) is 19.9 Å². The van der Waals surface area contributed by atoms with Crippen LogP contribution in [0.3, 0.4) is 0 Å². The second-order valence-corrected chi connectivity index (χ2v) is 5.53. The number of amides is 1. The molecule has 0 fully saturated rings. The quantitative estimate of drug-likeness (QED) is 0.862. The number of esters is 1. The monoisotopic (exact) mass is 335 g/mol. The van der Waals surface area contributed by atoms with Crippen LogP contribution >= 0.6 is 11.6 Å². The van der Waals surface area contributed by atoms with E-state index in [1.54, 1.807) is 12.1 Å². The minimum Gasteiger partial charge on any atom is -0.452 e. The number of ether oxygens (including phenoxy) is 1. The molecule has 0 aliphatic carbocycles. The van der Waals surface area contributed by atoms with Gasteiger partial charge in [0.15, 0.2) is 6.61 Å². The molecule has 0 unspecified atom stereocenters. The third kappa shape index (κ3) is 4.79. The van der Waals surface area contributed by atoms with E-state index in [2.05, 4.69) is 5.32 Å². The molecule has 1 amide bonds. The molecule has 0 radical (unpaired) electrons. The number of rotatable bonds is 4. The van der Waals surface area contributed by atoms with E-state index in [4.69, 9.17) is 16.3 Å². The summed E-state index contributed by atoms with van der Waals surface area (Å²) in [7, 11) is 0. The van der Waals surface area contributed by atoms with Gasteiger partial charge in [-0.05, 0) is 44.2 Å². The van der Waals surface area contributed by atoms with Gasteiger partial charge in [0, 0.05) is 0 Å². The third-order valence-electron chi connectivity index (χ3n) is 3.00. The zero-order chi connectivity index (χ0) is 17.0. The molecular weight excluding hydrogens is 321 g/mol. The summed E-state index contributed by atoms with van der Waals surface area (Å²) in [5.41, 5.74) is 2.50. The first kappa shape index (κ1) is 17.0. The Balaban J connectivity index is 1.94. The Kier molecular flexibility index (Phi) is 5.34. The molecule has 2 rings (SSSR count). The van der Waals surface area contributed by atoms with Crippen LogP contribution in [0.5, 0.6) is 0 Å². The van der Waals surface area contributed by atoms with Gasteiger partial charge >= 0.3 is 5.97 Å². The average Bonchev–Trinajstić information content (AvgIpc) is 2.46. The molecule has 0 bridgehead atoms. The summed E-state index contributed by atoms with van der Waals surface area (Å²) in [4.78, 5) is 23.7. The highest BCUT2D eigenvalue weighted by atomic mass is 35.5. The van der Waals surface area contributed by atoms with Crippen LogP contribution in [0, 0.1) is 19.7 Å². The maximum atomic E-state index is 12.9. The molecular formula is C17H15ClFNO3. The SMILES string of the molecule is Cc1cc(C)cc(C(=O)OCC(=O)Nc2ccc(F)cc2Cl)c1. The van der Waals surface area contributed by atoms with Crippen molar-refractivity contribution in [2.45, 2.75) is 13.8 Å². The van der Waals surface area contributed by atoms with Crippen LogP contribution in [0.4, 0.5) is 10.1 Å². The maximum Gasteiger partial charge on any atom is 0.338 e. The van der Waals surface area contributed by atoms with Crippen LogP contribution < -0.4 is 5.32 Å². The van der Waals surface area contributed by atoms with Gasteiger partial charge in [0.1, 0.15) is 5.82 Å². The van der Waals surface area contributed by atoms with E-state index in [0.29, 0.717) is 5.56 Å². The van der Waals surface area contributed by atoms with Crippen LogP contribution in [-0.2, 0) is 9.53 Å². The molecule has 2 aromatic rings. The second kappa shape index (κ2) is 7.24. The van der Waals surface area contributed by atoms with Gasteiger partial charge in [-0.3, -0.25) is 4.79 Å². The van der Waals surface area contributed by atoms with Gasteiger partial charge in [0.2, 0.25) is 0 Å². The Labute approximate surface area is 138 Å². The third-order valence-corrected chi connectivity index (χ3v) is 3.31. The van der Waals surface area contributed by atoms with Crippen molar-refractivity contribution >= 4 is 29.2 Å². The Bertz CT molecular complexity index is 741. The highest BCUT2D eigenvalue weighted by Gasteiger charge is 2.12. The smallest absolute Gasteiger partial charge is 0.338 e. The van der Waals surface area contributed by atoms with Crippen LogP contribution in [0.1, 0.15) is 21.5 Å². The molecule has 0 aromatic heterocycles. The molecule has 4 nitrogen and oxygen atoms in total. The molecule has 0 atom stereocenters. The highest BCUT2D eigenvalue weighted by molar-refractivity contribution is 6.33. The number of hydrogen-bond acceptors (Lipinski definition) is 3. The minimum atomic E-state index is -0.586. The van der Waals surface area contributed by atoms with Gasteiger partial charge in [-0.1, -0.05) is 28.8 Å². The van der Waals surface area contributed by atoms with E-state index in [9.17, 15) is 14.0 Å². The molecule has 6 heteroatoms. The fourth-order valence-electron chi connectivity index (χ4n) is 2.08. The van der Waals surface area contributed by atoms with Crippen molar-refractivity contribution in [1.82, 2.24) is 0 Å². The first-order chi connectivity index (χ1) is 10.8. The molecule has 0 saturated heterocycles. The van der Waals surface area contributed by atoms with Crippen molar-refractivity contribution in [3.05, 3.63) is 63.9 Å². The first-order valence-electron chi connectivity index (χ1n) is 6.85. The fraction of sp³-hybridized carbons (Fsp3) is 0.176. The lowest BCUT2D eigenvalue weighted by atomic mass is 10.1. The molecule has 0 spiro atoms. The van der Waals surface area contributed by atoms with Crippen molar-refractivity contribution in [2.75, 3.05) is 11.9 Å². The largest absolute Gasteiger partial charge is 0.452 e. The van der Waals surface area contributed by atoms with E-state index in [1.165, 1.54) is 12.1 Å². The van der Waals surface area contributed by atoms with Gasteiger partial charge in [0.05, 0.1) is 16.3 Å². The predicted molar refractivity (Wildman–Crippen MR) is 86.2 cm³/mol. The Morgan fingerprint density at radius 3 is 2.39 bits per heavy atom. The summed E-state index contributed by atoms with van der Waals surface area (Å²) in [5.74, 6) is -1.65. The molecule has 0 aliphatic heterocycles. The number of nitrogens with one attached hydrogen (secondary N) is 1. The number of benzene rings is 2. The zero-order valence-electron chi connectivity index (χ0n) is 12.7. The lowest BCUT2D eigenvalue weighted by molar-refractivity contribution is -0.119. The van der Waals surface area contributed by atoms with Gasteiger partial charge in [-0.15, -0.1) is 0 Å². The topological polar surface area (TPSA) is 55.4 Å². The highest BCUT2D eigenvalue weighted by Crippen LogP contribution is 2.22. The minimum absolute atomic E-state index is 0.0685. The molecule has 0 saturated carbocycles.